The van der Waals surface area contributed by atoms with Crippen molar-refractivity contribution in [3.63, 3.8) is 0 Å². The molecule has 0 heterocycles. The Balaban J connectivity index is 1.60. The van der Waals surface area contributed by atoms with E-state index in [0.717, 1.165) is 11.3 Å². The summed E-state index contributed by atoms with van der Waals surface area (Å²) in [6, 6.07) is 12.6. The van der Waals surface area contributed by atoms with Gasteiger partial charge in [0.05, 0.1) is 21.9 Å². The Morgan fingerprint density at radius 3 is 2.27 bits per heavy atom. The van der Waals surface area contributed by atoms with E-state index in [1.54, 1.807) is 18.2 Å². The van der Waals surface area contributed by atoms with E-state index >= 15 is 0 Å². The highest BCUT2D eigenvalue weighted by atomic mass is 35.5. The molecule has 2 aromatic rings. The van der Waals surface area contributed by atoms with E-state index in [9.17, 15) is 9.59 Å². The Morgan fingerprint density at radius 1 is 0.962 bits per heavy atom. The fourth-order valence-corrected chi connectivity index (χ4v) is 3.22. The normalized spacial score (nSPS) is 18.5. The molecule has 0 saturated heterocycles. The van der Waals surface area contributed by atoms with Gasteiger partial charge in [0.1, 0.15) is 0 Å². The fourth-order valence-electron chi connectivity index (χ4n) is 2.92. The highest BCUT2D eigenvalue weighted by Gasteiger charge is 2.48. The summed E-state index contributed by atoms with van der Waals surface area (Å²) in [6.45, 7) is 4.16. The van der Waals surface area contributed by atoms with Crippen molar-refractivity contribution in [1.82, 2.24) is 0 Å². The van der Waals surface area contributed by atoms with Crippen LogP contribution < -0.4 is 10.6 Å². The maximum Gasteiger partial charge on any atom is 0.228 e. The van der Waals surface area contributed by atoms with E-state index in [2.05, 4.69) is 24.5 Å². The number of rotatable bonds is 5. The molecule has 0 spiro atoms. The van der Waals surface area contributed by atoms with Crippen LogP contribution in [0.3, 0.4) is 0 Å². The van der Waals surface area contributed by atoms with Gasteiger partial charge in [0.2, 0.25) is 11.8 Å². The van der Waals surface area contributed by atoms with Crippen LogP contribution in [0.4, 0.5) is 11.4 Å². The SMILES string of the molecule is CC(C)c1ccccc1NC(=O)C1CC1C(=O)Nc1ccc(Cl)c(Cl)c1. The van der Waals surface area contributed by atoms with Crippen LogP contribution in [0.2, 0.25) is 10.0 Å². The molecule has 1 aliphatic rings. The summed E-state index contributed by atoms with van der Waals surface area (Å²) in [4.78, 5) is 24.8. The predicted octanol–water partition coefficient (Wildman–Crippen LogP) is 5.33. The van der Waals surface area contributed by atoms with Crippen molar-refractivity contribution < 1.29 is 9.59 Å². The molecule has 2 aromatic carbocycles. The lowest BCUT2D eigenvalue weighted by Crippen LogP contribution is -2.21. The first-order chi connectivity index (χ1) is 12.4. The van der Waals surface area contributed by atoms with E-state index in [1.165, 1.54) is 0 Å². The summed E-state index contributed by atoms with van der Waals surface area (Å²) in [5, 5.41) is 6.55. The third-order valence-corrected chi connectivity index (χ3v) is 5.23. The average Bonchev–Trinajstić information content (AvgIpc) is 3.39. The minimum atomic E-state index is -0.323. The molecule has 0 radical (unpaired) electrons. The molecule has 1 aliphatic carbocycles. The number of hydrogen-bond donors (Lipinski definition) is 2. The van der Waals surface area contributed by atoms with E-state index < -0.39 is 0 Å². The molecule has 0 bridgehead atoms. The third kappa shape index (κ3) is 4.19. The minimum absolute atomic E-state index is 0.118. The molecule has 136 valence electrons. The van der Waals surface area contributed by atoms with Gasteiger partial charge in [-0.05, 0) is 42.2 Å². The summed E-state index contributed by atoms with van der Waals surface area (Å²) in [5.74, 6) is -0.624. The van der Waals surface area contributed by atoms with Gasteiger partial charge in [0.25, 0.3) is 0 Å². The number of nitrogens with one attached hydrogen (secondary N) is 2. The first-order valence-electron chi connectivity index (χ1n) is 8.52. The van der Waals surface area contributed by atoms with Gasteiger partial charge in [-0.15, -0.1) is 0 Å². The van der Waals surface area contributed by atoms with Gasteiger partial charge < -0.3 is 10.6 Å². The summed E-state index contributed by atoms with van der Waals surface area (Å²) < 4.78 is 0. The van der Waals surface area contributed by atoms with Crippen LogP contribution in [0.1, 0.15) is 31.7 Å². The van der Waals surface area contributed by atoms with Gasteiger partial charge in [-0.2, -0.15) is 0 Å². The number of amides is 2. The number of halogens is 2. The van der Waals surface area contributed by atoms with Crippen molar-refractivity contribution in [2.45, 2.75) is 26.2 Å². The van der Waals surface area contributed by atoms with Crippen LogP contribution in [0.5, 0.6) is 0 Å². The van der Waals surface area contributed by atoms with Crippen molar-refractivity contribution in [2.24, 2.45) is 11.8 Å². The van der Waals surface area contributed by atoms with E-state index in [4.69, 9.17) is 23.2 Å². The van der Waals surface area contributed by atoms with Crippen LogP contribution in [0, 0.1) is 11.8 Å². The van der Waals surface area contributed by atoms with Gasteiger partial charge in [0, 0.05) is 11.4 Å². The summed E-state index contributed by atoms with van der Waals surface area (Å²) in [7, 11) is 0. The number of carbonyl (C=O) groups excluding carboxylic acids is 2. The lowest BCUT2D eigenvalue weighted by Gasteiger charge is -2.13. The first kappa shape index (κ1) is 18.7. The summed E-state index contributed by atoms with van der Waals surface area (Å²) >= 11 is 11.8. The predicted molar refractivity (Wildman–Crippen MR) is 106 cm³/mol. The second kappa shape index (κ2) is 7.68. The second-order valence-corrected chi connectivity index (χ2v) is 7.61. The Labute approximate surface area is 162 Å². The smallest absolute Gasteiger partial charge is 0.228 e. The highest BCUT2D eigenvalue weighted by Crippen LogP contribution is 2.41. The topological polar surface area (TPSA) is 58.2 Å². The Morgan fingerprint density at radius 2 is 1.62 bits per heavy atom. The molecule has 0 aliphatic heterocycles. The Kier molecular flexibility index (Phi) is 5.54. The van der Waals surface area contributed by atoms with Gasteiger partial charge in [-0.25, -0.2) is 0 Å². The van der Waals surface area contributed by atoms with Gasteiger partial charge in [-0.3, -0.25) is 9.59 Å². The molecule has 3 rings (SSSR count). The van der Waals surface area contributed by atoms with Crippen molar-refractivity contribution in [3.05, 3.63) is 58.1 Å². The van der Waals surface area contributed by atoms with Crippen LogP contribution in [-0.2, 0) is 9.59 Å². The molecule has 0 aromatic heterocycles. The Hall–Kier alpha value is -2.04. The van der Waals surface area contributed by atoms with E-state index in [1.807, 2.05) is 24.3 Å². The number of hydrogen-bond acceptors (Lipinski definition) is 2. The maximum absolute atomic E-state index is 12.5. The molecular formula is C20H20Cl2N2O2. The Bertz CT molecular complexity index is 851. The molecule has 2 amide bonds. The molecule has 6 heteroatoms. The molecule has 26 heavy (non-hydrogen) atoms. The zero-order valence-electron chi connectivity index (χ0n) is 14.6. The molecular weight excluding hydrogens is 371 g/mol. The van der Waals surface area contributed by atoms with Crippen LogP contribution >= 0.6 is 23.2 Å². The van der Waals surface area contributed by atoms with Gasteiger partial charge >= 0.3 is 0 Å². The quantitative estimate of drug-likeness (QED) is 0.724. The highest BCUT2D eigenvalue weighted by molar-refractivity contribution is 6.42. The molecule has 1 fully saturated rings. The third-order valence-electron chi connectivity index (χ3n) is 4.49. The summed E-state index contributed by atoms with van der Waals surface area (Å²) in [5.41, 5.74) is 2.46. The minimum Gasteiger partial charge on any atom is -0.326 e. The molecule has 4 nitrogen and oxygen atoms in total. The maximum atomic E-state index is 12.5. The standard InChI is InChI=1S/C20H20Cl2N2O2/c1-11(2)13-5-3-4-6-18(13)24-20(26)15-10-14(15)19(25)23-12-7-8-16(21)17(22)9-12/h3-9,11,14-15H,10H2,1-2H3,(H,23,25)(H,24,26). The van der Waals surface area contributed by atoms with Crippen LogP contribution in [-0.4, -0.2) is 11.8 Å². The zero-order chi connectivity index (χ0) is 18.8. The van der Waals surface area contributed by atoms with E-state index in [0.29, 0.717) is 28.1 Å². The van der Waals surface area contributed by atoms with Crippen molar-refractivity contribution in [2.75, 3.05) is 10.6 Å². The number of benzene rings is 2. The molecule has 2 unspecified atom stereocenters. The number of para-hydroxylation sites is 1. The fraction of sp³-hybridized carbons (Fsp3) is 0.300. The number of carbonyl (C=O) groups is 2. The van der Waals surface area contributed by atoms with Crippen LogP contribution in [0.25, 0.3) is 0 Å². The number of anilines is 2. The summed E-state index contributed by atoms with van der Waals surface area (Å²) in [6.07, 6.45) is 0.544. The second-order valence-electron chi connectivity index (χ2n) is 6.80. The zero-order valence-corrected chi connectivity index (χ0v) is 16.1. The monoisotopic (exact) mass is 390 g/mol. The average molecular weight is 391 g/mol. The van der Waals surface area contributed by atoms with E-state index in [-0.39, 0.29) is 23.7 Å². The van der Waals surface area contributed by atoms with Gasteiger partial charge in [-0.1, -0.05) is 55.2 Å². The largest absolute Gasteiger partial charge is 0.326 e. The van der Waals surface area contributed by atoms with Gasteiger partial charge in [0.15, 0.2) is 0 Å². The molecule has 1 saturated carbocycles. The van der Waals surface area contributed by atoms with Crippen molar-refractivity contribution in [1.29, 1.82) is 0 Å². The van der Waals surface area contributed by atoms with Crippen molar-refractivity contribution in [3.8, 4) is 0 Å². The van der Waals surface area contributed by atoms with Crippen molar-refractivity contribution >= 4 is 46.4 Å². The first-order valence-corrected chi connectivity index (χ1v) is 9.28. The van der Waals surface area contributed by atoms with Crippen LogP contribution in [0.15, 0.2) is 42.5 Å². The lowest BCUT2D eigenvalue weighted by molar-refractivity contribution is -0.122. The molecule has 2 N–H and O–H groups in total. The lowest BCUT2D eigenvalue weighted by atomic mass is 10.0. The molecule has 2 atom stereocenters.